The lowest BCUT2D eigenvalue weighted by molar-refractivity contribution is -0.133. The van der Waals surface area contributed by atoms with Crippen LogP contribution in [-0.4, -0.2) is 82.0 Å². The number of anilines is 2. The Morgan fingerprint density at radius 3 is 2.34 bits per heavy atom. The van der Waals surface area contributed by atoms with Gasteiger partial charge in [-0.2, -0.15) is 0 Å². The quantitative estimate of drug-likeness (QED) is 0.393. The number of rotatable bonds is 7. The van der Waals surface area contributed by atoms with E-state index in [2.05, 4.69) is 20.2 Å². The van der Waals surface area contributed by atoms with E-state index in [1.54, 1.807) is 29.4 Å². The number of nitrogens with one attached hydrogen (secondary N) is 2. The standard InChI is InChI=1S/C30H39ClN6O4/c1-19(2)37(29(40)41-30(4,5)6)18-23(21-7-9-22(31)10-8-21)28(39)36-15-13-35(14-16-36)25-11-12-32-27-26(25)24(17-33-27)34-20(3)38/h7-12,17,19,23H,13-16,18H2,1-6H3,(H,32,33)(H,34,38). The zero-order valence-electron chi connectivity index (χ0n) is 24.5. The molecule has 2 N–H and O–H groups in total. The van der Waals surface area contributed by atoms with Crippen LogP contribution in [0.15, 0.2) is 42.7 Å². The van der Waals surface area contributed by atoms with Crippen molar-refractivity contribution in [3.05, 3.63) is 53.3 Å². The summed E-state index contributed by atoms with van der Waals surface area (Å²) in [6, 6.07) is 8.98. The Kier molecular flexibility index (Phi) is 9.11. The number of benzene rings is 1. The third-order valence-electron chi connectivity index (χ3n) is 7.00. The highest BCUT2D eigenvalue weighted by atomic mass is 35.5. The van der Waals surface area contributed by atoms with E-state index in [-0.39, 0.29) is 24.4 Å². The average Bonchev–Trinajstić information content (AvgIpc) is 3.31. The SMILES string of the molecule is CC(=O)Nc1c[nH]c2nccc(N3CCN(C(=O)C(CN(C(=O)OC(C)(C)C)C(C)C)c4ccc(Cl)cc4)CC3)c12. The summed E-state index contributed by atoms with van der Waals surface area (Å²) < 4.78 is 5.67. The van der Waals surface area contributed by atoms with Crippen LogP contribution in [-0.2, 0) is 14.3 Å². The predicted molar refractivity (Wildman–Crippen MR) is 161 cm³/mol. The number of ether oxygens (including phenoxy) is 1. The molecule has 1 atom stereocenters. The molecule has 4 rings (SSSR count). The number of carbonyl (C=O) groups excluding carboxylic acids is 3. The van der Waals surface area contributed by atoms with Gasteiger partial charge in [0, 0.05) is 63.1 Å². The van der Waals surface area contributed by atoms with E-state index in [4.69, 9.17) is 16.3 Å². The second-order valence-electron chi connectivity index (χ2n) is 11.6. The van der Waals surface area contributed by atoms with Crippen LogP contribution in [0.5, 0.6) is 0 Å². The first kappa shape index (κ1) is 30.2. The second-order valence-corrected chi connectivity index (χ2v) is 12.0. The first-order chi connectivity index (χ1) is 19.3. The highest BCUT2D eigenvalue weighted by Gasteiger charge is 2.34. The summed E-state index contributed by atoms with van der Waals surface area (Å²) >= 11 is 6.16. The first-order valence-corrected chi connectivity index (χ1v) is 14.2. The number of piperazine rings is 1. The molecule has 3 heterocycles. The third kappa shape index (κ3) is 7.30. The van der Waals surface area contributed by atoms with Gasteiger partial charge in [0.15, 0.2) is 0 Å². The van der Waals surface area contributed by atoms with E-state index in [0.717, 1.165) is 16.6 Å². The number of aromatic nitrogens is 2. The minimum Gasteiger partial charge on any atom is -0.444 e. The molecule has 1 aliphatic heterocycles. The topological polar surface area (TPSA) is 111 Å². The molecule has 1 fully saturated rings. The zero-order chi connectivity index (χ0) is 29.9. The summed E-state index contributed by atoms with van der Waals surface area (Å²) in [6.07, 6.45) is 3.02. The molecule has 220 valence electrons. The lowest BCUT2D eigenvalue weighted by atomic mass is 9.96. The Morgan fingerprint density at radius 2 is 1.76 bits per heavy atom. The van der Waals surface area contributed by atoms with Crippen LogP contribution in [0, 0.1) is 0 Å². The predicted octanol–water partition coefficient (Wildman–Crippen LogP) is 5.25. The van der Waals surface area contributed by atoms with Gasteiger partial charge in [-0.15, -0.1) is 0 Å². The van der Waals surface area contributed by atoms with Crippen molar-refractivity contribution in [1.82, 2.24) is 19.8 Å². The van der Waals surface area contributed by atoms with Crippen molar-refractivity contribution in [2.75, 3.05) is 42.9 Å². The lowest BCUT2D eigenvalue weighted by Crippen LogP contribution is -2.52. The molecular formula is C30H39ClN6O4. The molecule has 0 bridgehead atoms. The fourth-order valence-electron chi connectivity index (χ4n) is 5.01. The van der Waals surface area contributed by atoms with Crippen LogP contribution in [0.2, 0.25) is 5.02 Å². The van der Waals surface area contributed by atoms with E-state index in [0.29, 0.717) is 42.5 Å². The fraction of sp³-hybridized carbons (Fsp3) is 0.467. The van der Waals surface area contributed by atoms with Crippen molar-refractivity contribution in [2.45, 2.75) is 59.1 Å². The van der Waals surface area contributed by atoms with Gasteiger partial charge in [-0.05, 0) is 58.4 Å². The van der Waals surface area contributed by atoms with Crippen LogP contribution in [0.1, 0.15) is 53.0 Å². The fourth-order valence-corrected chi connectivity index (χ4v) is 5.14. The minimum absolute atomic E-state index is 0.0540. The number of aromatic amines is 1. The normalized spacial score (nSPS) is 14.7. The zero-order valence-corrected chi connectivity index (χ0v) is 25.3. The molecule has 10 nitrogen and oxygen atoms in total. The molecule has 1 unspecified atom stereocenters. The van der Waals surface area contributed by atoms with Crippen LogP contribution in [0.4, 0.5) is 16.2 Å². The number of halogens is 1. The van der Waals surface area contributed by atoms with E-state index in [1.165, 1.54) is 6.92 Å². The van der Waals surface area contributed by atoms with E-state index < -0.39 is 17.6 Å². The molecule has 3 amide bonds. The Balaban J connectivity index is 1.55. The molecule has 0 spiro atoms. The molecule has 1 aromatic carbocycles. The summed E-state index contributed by atoms with van der Waals surface area (Å²) in [7, 11) is 0. The Hall–Kier alpha value is -3.79. The molecule has 11 heteroatoms. The molecule has 0 aliphatic carbocycles. The van der Waals surface area contributed by atoms with Crippen molar-refractivity contribution in [2.24, 2.45) is 0 Å². The van der Waals surface area contributed by atoms with E-state index in [9.17, 15) is 14.4 Å². The highest BCUT2D eigenvalue weighted by Crippen LogP contribution is 2.33. The van der Waals surface area contributed by atoms with E-state index >= 15 is 0 Å². The second kappa shape index (κ2) is 12.4. The van der Waals surface area contributed by atoms with Crippen LogP contribution >= 0.6 is 11.6 Å². The minimum atomic E-state index is -0.655. The van der Waals surface area contributed by atoms with Crippen molar-refractivity contribution >= 4 is 51.9 Å². The van der Waals surface area contributed by atoms with Gasteiger partial charge in [-0.1, -0.05) is 23.7 Å². The van der Waals surface area contributed by atoms with Crippen molar-refractivity contribution in [3.63, 3.8) is 0 Å². The molecule has 41 heavy (non-hydrogen) atoms. The molecule has 0 radical (unpaired) electrons. The molecule has 2 aromatic heterocycles. The Bertz CT molecular complexity index is 1390. The molecular weight excluding hydrogens is 544 g/mol. The Morgan fingerprint density at radius 1 is 1.10 bits per heavy atom. The number of H-pyrrole nitrogens is 1. The van der Waals surface area contributed by atoms with Gasteiger partial charge in [0.05, 0.1) is 22.7 Å². The number of carbonyl (C=O) groups is 3. The lowest BCUT2D eigenvalue weighted by Gasteiger charge is -2.39. The summed E-state index contributed by atoms with van der Waals surface area (Å²) in [5.74, 6) is -0.801. The van der Waals surface area contributed by atoms with Crippen LogP contribution in [0.25, 0.3) is 11.0 Å². The average molecular weight is 583 g/mol. The molecule has 3 aromatic rings. The highest BCUT2D eigenvalue weighted by molar-refractivity contribution is 6.30. The number of hydrogen-bond donors (Lipinski definition) is 2. The molecule has 0 saturated carbocycles. The molecule has 1 aliphatic rings. The number of amides is 3. The maximum Gasteiger partial charge on any atom is 0.410 e. The number of pyridine rings is 1. The largest absolute Gasteiger partial charge is 0.444 e. The number of nitrogens with zero attached hydrogens (tertiary/aromatic N) is 4. The maximum atomic E-state index is 14.1. The van der Waals surface area contributed by atoms with Gasteiger partial charge in [-0.25, -0.2) is 9.78 Å². The number of fused-ring (bicyclic) bond motifs is 1. The summed E-state index contributed by atoms with van der Waals surface area (Å²) in [5.41, 5.74) is 2.44. The van der Waals surface area contributed by atoms with Gasteiger partial charge < -0.3 is 29.7 Å². The smallest absolute Gasteiger partial charge is 0.410 e. The third-order valence-corrected chi connectivity index (χ3v) is 7.25. The summed E-state index contributed by atoms with van der Waals surface area (Å²) in [4.78, 5) is 52.1. The summed E-state index contributed by atoms with van der Waals surface area (Å²) in [5, 5.41) is 4.29. The van der Waals surface area contributed by atoms with Gasteiger partial charge in [0.25, 0.3) is 0 Å². The van der Waals surface area contributed by atoms with Gasteiger partial charge >= 0.3 is 6.09 Å². The van der Waals surface area contributed by atoms with Crippen LogP contribution < -0.4 is 10.2 Å². The van der Waals surface area contributed by atoms with E-state index in [1.807, 2.05) is 57.7 Å². The van der Waals surface area contributed by atoms with Gasteiger partial charge in [-0.3, -0.25) is 9.59 Å². The van der Waals surface area contributed by atoms with Crippen molar-refractivity contribution < 1.29 is 19.1 Å². The molecule has 1 saturated heterocycles. The van der Waals surface area contributed by atoms with Gasteiger partial charge in [0.1, 0.15) is 11.2 Å². The van der Waals surface area contributed by atoms with Crippen LogP contribution in [0.3, 0.4) is 0 Å². The van der Waals surface area contributed by atoms with Crippen molar-refractivity contribution in [3.8, 4) is 0 Å². The monoisotopic (exact) mass is 582 g/mol. The number of hydrogen-bond acceptors (Lipinski definition) is 6. The first-order valence-electron chi connectivity index (χ1n) is 13.9. The maximum absolute atomic E-state index is 14.1. The Labute approximate surface area is 246 Å². The van der Waals surface area contributed by atoms with Gasteiger partial charge in [0.2, 0.25) is 11.8 Å². The van der Waals surface area contributed by atoms with Crippen molar-refractivity contribution in [1.29, 1.82) is 0 Å². The summed E-state index contributed by atoms with van der Waals surface area (Å²) in [6.45, 7) is 13.2.